The summed E-state index contributed by atoms with van der Waals surface area (Å²) in [5.74, 6) is 3.73. The lowest BCUT2D eigenvalue weighted by Gasteiger charge is -2.38. The van der Waals surface area contributed by atoms with Crippen LogP contribution >= 0.6 is 11.8 Å². The highest BCUT2D eigenvalue weighted by atomic mass is 32.2. The molecule has 3 aromatic rings. The van der Waals surface area contributed by atoms with E-state index >= 15 is 0 Å². The number of fused-ring (bicyclic) bond motifs is 1. The van der Waals surface area contributed by atoms with Gasteiger partial charge in [-0.05, 0) is 41.1 Å². The highest BCUT2D eigenvalue weighted by molar-refractivity contribution is 7.98. The molecule has 0 atom stereocenters. The number of amides is 1. The van der Waals surface area contributed by atoms with E-state index in [1.54, 1.807) is 18.3 Å². The van der Waals surface area contributed by atoms with E-state index in [9.17, 15) is 4.79 Å². The summed E-state index contributed by atoms with van der Waals surface area (Å²) < 4.78 is 0. The second-order valence-electron chi connectivity index (χ2n) is 9.12. The lowest BCUT2D eigenvalue weighted by Crippen LogP contribution is -2.43. The first kappa shape index (κ1) is 24.9. The van der Waals surface area contributed by atoms with Gasteiger partial charge in [-0.3, -0.25) is 4.79 Å². The van der Waals surface area contributed by atoms with Crippen LogP contribution in [0.3, 0.4) is 0 Å². The summed E-state index contributed by atoms with van der Waals surface area (Å²) in [6, 6.07) is 11.0. The molecule has 3 rings (SSSR count). The van der Waals surface area contributed by atoms with Crippen molar-refractivity contribution in [1.29, 1.82) is 0 Å². The average molecular weight is 477 g/mol. The van der Waals surface area contributed by atoms with E-state index in [4.69, 9.17) is 0 Å². The van der Waals surface area contributed by atoms with Gasteiger partial charge in [0.1, 0.15) is 13.9 Å². The molecule has 7 heteroatoms. The van der Waals surface area contributed by atoms with Gasteiger partial charge in [0.2, 0.25) is 0 Å². The summed E-state index contributed by atoms with van der Waals surface area (Å²) in [4.78, 5) is 26.4. The quantitative estimate of drug-likeness (QED) is 0.189. The third kappa shape index (κ3) is 5.28. The van der Waals surface area contributed by atoms with E-state index in [-0.39, 0.29) is 5.91 Å². The van der Waals surface area contributed by atoms with E-state index in [0.717, 1.165) is 10.9 Å². The number of rotatable bonds is 6. The summed E-state index contributed by atoms with van der Waals surface area (Å²) in [5.41, 5.74) is 7.25. The number of nitrogens with one attached hydrogen (secondary N) is 1. The van der Waals surface area contributed by atoms with Crippen LogP contribution in [0.1, 0.15) is 57.5 Å². The number of hydrogen-bond donors (Lipinski definition) is 1. The van der Waals surface area contributed by atoms with Crippen LogP contribution in [0.4, 0.5) is 5.82 Å². The van der Waals surface area contributed by atoms with Gasteiger partial charge in [-0.2, -0.15) is 0 Å². The smallest absolute Gasteiger partial charge is 0.256 e. The van der Waals surface area contributed by atoms with E-state index < -0.39 is 8.07 Å². The molecule has 2 aromatic heterocycles. The van der Waals surface area contributed by atoms with Gasteiger partial charge in [-0.15, -0.1) is 5.54 Å². The van der Waals surface area contributed by atoms with Crippen molar-refractivity contribution in [3.8, 4) is 11.5 Å². The fourth-order valence-corrected chi connectivity index (χ4v) is 10.2. The first-order valence-electron chi connectivity index (χ1n) is 11.3. The summed E-state index contributed by atoms with van der Waals surface area (Å²) in [5, 5.41) is 4.36. The van der Waals surface area contributed by atoms with Crippen molar-refractivity contribution in [2.45, 2.75) is 63.3 Å². The zero-order valence-corrected chi connectivity index (χ0v) is 22.2. The molecule has 1 amide bonds. The Labute approximate surface area is 202 Å². The highest BCUT2D eigenvalue weighted by Crippen LogP contribution is 2.41. The molecule has 0 aliphatic heterocycles. The number of thioether (sulfide) groups is 1. The first-order valence-corrected chi connectivity index (χ1v) is 14.8. The van der Waals surface area contributed by atoms with Gasteiger partial charge < -0.3 is 5.32 Å². The van der Waals surface area contributed by atoms with Gasteiger partial charge in [-0.25, -0.2) is 15.0 Å². The summed E-state index contributed by atoms with van der Waals surface area (Å²) in [7, 11) is -1.93. The van der Waals surface area contributed by atoms with Crippen LogP contribution in [0.15, 0.2) is 47.8 Å². The Morgan fingerprint density at radius 2 is 1.64 bits per heavy atom. The third-order valence-corrected chi connectivity index (χ3v) is 13.1. The van der Waals surface area contributed by atoms with Crippen molar-refractivity contribution < 1.29 is 4.79 Å². The Morgan fingerprint density at radius 1 is 1.00 bits per heavy atom. The molecule has 172 valence electrons. The second kappa shape index (κ2) is 10.5. The van der Waals surface area contributed by atoms with Crippen LogP contribution in [-0.2, 0) is 0 Å². The highest BCUT2D eigenvalue weighted by Gasteiger charge is 2.41. The van der Waals surface area contributed by atoms with Gasteiger partial charge in [0.15, 0.2) is 10.8 Å². The van der Waals surface area contributed by atoms with Crippen LogP contribution < -0.4 is 5.32 Å². The molecule has 0 radical (unpaired) electrons. The zero-order chi connectivity index (χ0) is 24.2. The van der Waals surface area contributed by atoms with Gasteiger partial charge in [0.05, 0.1) is 5.39 Å². The van der Waals surface area contributed by atoms with Gasteiger partial charge in [0.25, 0.3) is 5.91 Å². The van der Waals surface area contributed by atoms with Crippen molar-refractivity contribution in [2.75, 3.05) is 11.6 Å². The summed E-state index contributed by atoms with van der Waals surface area (Å²) in [6.45, 7) is 13.8. The van der Waals surface area contributed by atoms with Gasteiger partial charge in [0, 0.05) is 17.3 Å². The van der Waals surface area contributed by atoms with Crippen molar-refractivity contribution in [1.82, 2.24) is 15.0 Å². The van der Waals surface area contributed by atoms with E-state index in [2.05, 4.69) is 73.3 Å². The molecule has 1 aromatic carbocycles. The predicted molar refractivity (Wildman–Crippen MR) is 141 cm³/mol. The Morgan fingerprint density at radius 3 is 2.21 bits per heavy atom. The van der Waals surface area contributed by atoms with Crippen LogP contribution in [0.2, 0.25) is 16.6 Å². The van der Waals surface area contributed by atoms with Gasteiger partial charge in [-0.1, -0.05) is 77.4 Å². The number of benzene rings is 1. The Balaban J connectivity index is 2.14. The number of nitrogens with zero attached hydrogens (tertiary/aromatic N) is 3. The predicted octanol–water partition coefficient (Wildman–Crippen LogP) is 6.57. The van der Waals surface area contributed by atoms with Crippen molar-refractivity contribution in [2.24, 2.45) is 0 Å². The Kier molecular flexibility index (Phi) is 7.93. The van der Waals surface area contributed by atoms with Crippen LogP contribution in [0.5, 0.6) is 0 Å². The number of aromatic nitrogens is 3. The van der Waals surface area contributed by atoms with E-state index in [0.29, 0.717) is 38.8 Å². The van der Waals surface area contributed by atoms with Crippen molar-refractivity contribution in [3.05, 3.63) is 53.7 Å². The molecule has 2 heterocycles. The molecule has 0 fully saturated rings. The minimum absolute atomic E-state index is 0.212. The fourth-order valence-electron chi connectivity index (χ4n) is 4.65. The van der Waals surface area contributed by atoms with Crippen LogP contribution in [-0.4, -0.2) is 35.2 Å². The van der Waals surface area contributed by atoms with E-state index in [1.807, 2.05) is 30.5 Å². The monoisotopic (exact) mass is 476 g/mol. The number of carbonyl (C=O) groups is 1. The summed E-state index contributed by atoms with van der Waals surface area (Å²) in [6.07, 6.45) is 3.72. The van der Waals surface area contributed by atoms with Crippen molar-refractivity contribution in [3.63, 3.8) is 0 Å². The fraction of sp³-hybridized carbons (Fsp3) is 0.385. The molecule has 1 N–H and O–H groups in total. The number of carbonyl (C=O) groups excluding carboxylic acids is 1. The Hall–Kier alpha value is -2.69. The molecule has 0 saturated carbocycles. The molecule has 0 unspecified atom stereocenters. The van der Waals surface area contributed by atoms with Gasteiger partial charge >= 0.3 is 0 Å². The molecule has 5 nitrogen and oxygen atoms in total. The second-order valence-corrected chi connectivity index (χ2v) is 15.5. The molecule has 0 saturated heterocycles. The first-order chi connectivity index (χ1) is 15.7. The summed E-state index contributed by atoms with van der Waals surface area (Å²) >= 11 is 1.46. The molecular weight excluding hydrogens is 444 g/mol. The lowest BCUT2D eigenvalue weighted by molar-refractivity contribution is 0.102. The normalized spacial score (nSPS) is 11.7. The maximum Gasteiger partial charge on any atom is 0.256 e. The van der Waals surface area contributed by atoms with Crippen LogP contribution in [0, 0.1) is 11.5 Å². The van der Waals surface area contributed by atoms with E-state index in [1.165, 1.54) is 11.8 Å². The standard InChI is InChI=1S/C26H32N4OSSi/c1-17(2)33(18(3)4,19(5)6)14-13-21-15-23(29-25(31)20-11-9-8-10-12-20)28-24-22(21)16-27-26(30-24)32-7/h8-12,15-19H,1-7H3,(H,27,28,29,30,31). The average Bonchev–Trinajstić information content (AvgIpc) is 2.78. The number of hydrogen-bond acceptors (Lipinski definition) is 5. The maximum absolute atomic E-state index is 12.8. The number of anilines is 1. The molecule has 0 spiro atoms. The minimum Gasteiger partial charge on any atom is -0.306 e. The molecule has 0 aliphatic carbocycles. The number of pyridine rings is 1. The lowest BCUT2D eigenvalue weighted by atomic mass is 10.2. The third-order valence-electron chi connectivity index (χ3n) is 6.28. The zero-order valence-electron chi connectivity index (χ0n) is 20.4. The largest absolute Gasteiger partial charge is 0.306 e. The Bertz CT molecular complexity index is 1180. The topological polar surface area (TPSA) is 67.8 Å². The molecule has 0 bridgehead atoms. The molecule has 33 heavy (non-hydrogen) atoms. The maximum atomic E-state index is 12.8. The SMILES string of the molecule is CSc1ncc2c(C#C[Si](C(C)C)(C(C)C)C(C)C)cc(NC(=O)c3ccccc3)nc2n1. The molecular formula is C26H32N4OSSi. The minimum atomic E-state index is -1.93. The van der Waals surface area contributed by atoms with Crippen molar-refractivity contribution >= 4 is 42.6 Å². The van der Waals surface area contributed by atoms with Crippen LogP contribution in [0.25, 0.3) is 11.0 Å². The molecule has 0 aliphatic rings.